The van der Waals surface area contributed by atoms with Crippen molar-refractivity contribution < 1.29 is 0 Å². The minimum Gasteiger partial charge on any atom is -0.378 e. The average molecular weight is 286 g/mol. The topological polar surface area (TPSA) is 29.9 Å². The van der Waals surface area contributed by atoms with Gasteiger partial charge < -0.3 is 9.88 Å². The van der Waals surface area contributed by atoms with Gasteiger partial charge in [0.2, 0.25) is 0 Å². The molecule has 2 aromatic carbocycles. The van der Waals surface area contributed by atoms with Gasteiger partial charge in [-0.1, -0.05) is 35.9 Å². The van der Waals surface area contributed by atoms with E-state index in [1.165, 1.54) is 0 Å². The molecule has 3 aromatic rings. The summed E-state index contributed by atoms with van der Waals surface area (Å²) >= 11 is 6.29. The third-order valence-electron chi connectivity index (χ3n) is 3.34. The second-order valence-electron chi connectivity index (χ2n) is 4.60. The number of hydrogen-bond donors (Lipinski definition) is 1. The third-order valence-corrected chi connectivity index (χ3v) is 3.64. The predicted molar refractivity (Wildman–Crippen MR) is 84.2 cm³/mol. The molecule has 0 aliphatic carbocycles. The Morgan fingerprint density at radius 3 is 2.65 bits per heavy atom. The summed E-state index contributed by atoms with van der Waals surface area (Å²) in [6, 6.07) is 16.0. The quantitative estimate of drug-likeness (QED) is 0.773. The summed E-state index contributed by atoms with van der Waals surface area (Å²) in [5, 5.41) is 4.14. The van der Waals surface area contributed by atoms with Crippen molar-refractivity contribution in [2.45, 2.75) is 20.0 Å². The fraction of sp³-hybridized carbons (Fsp3) is 0.188. The number of rotatable bonds is 4. The number of nitrogens with zero attached hydrogens (tertiary/aromatic N) is 2. The van der Waals surface area contributed by atoms with E-state index in [0.29, 0.717) is 6.54 Å². The van der Waals surface area contributed by atoms with Gasteiger partial charge in [0.1, 0.15) is 5.82 Å². The molecule has 1 N–H and O–H groups in total. The first-order chi connectivity index (χ1) is 9.79. The largest absolute Gasteiger partial charge is 0.378 e. The lowest BCUT2D eigenvalue weighted by molar-refractivity contribution is 0.729. The lowest BCUT2D eigenvalue weighted by Crippen LogP contribution is -2.07. The van der Waals surface area contributed by atoms with Crippen LogP contribution in [0.15, 0.2) is 48.5 Å². The van der Waals surface area contributed by atoms with E-state index in [9.17, 15) is 0 Å². The number of benzene rings is 2. The Labute approximate surface area is 123 Å². The Balaban J connectivity index is 1.93. The van der Waals surface area contributed by atoms with Crippen molar-refractivity contribution in [1.29, 1.82) is 0 Å². The number of fused-ring (bicyclic) bond motifs is 1. The zero-order valence-corrected chi connectivity index (χ0v) is 12.1. The number of anilines is 1. The molecule has 0 spiro atoms. The van der Waals surface area contributed by atoms with E-state index in [1.54, 1.807) is 0 Å². The number of aryl methyl sites for hydroxylation is 1. The van der Waals surface area contributed by atoms with Gasteiger partial charge in [0.05, 0.1) is 22.6 Å². The van der Waals surface area contributed by atoms with Gasteiger partial charge in [0.25, 0.3) is 0 Å². The van der Waals surface area contributed by atoms with Crippen LogP contribution >= 0.6 is 11.6 Å². The van der Waals surface area contributed by atoms with Crippen molar-refractivity contribution in [2.24, 2.45) is 0 Å². The van der Waals surface area contributed by atoms with E-state index in [1.807, 2.05) is 48.5 Å². The maximum Gasteiger partial charge on any atom is 0.129 e. The molecular weight excluding hydrogens is 270 g/mol. The molecule has 0 radical (unpaired) electrons. The van der Waals surface area contributed by atoms with E-state index in [2.05, 4.69) is 21.8 Å². The fourth-order valence-corrected chi connectivity index (χ4v) is 2.67. The maximum atomic E-state index is 6.29. The Kier molecular flexibility index (Phi) is 3.61. The highest BCUT2D eigenvalue weighted by atomic mass is 35.5. The van der Waals surface area contributed by atoms with Crippen LogP contribution < -0.4 is 5.32 Å². The molecule has 0 aliphatic rings. The van der Waals surface area contributed by atoms with Crippen molar-refractivity contribution in [2.75, 3.05) is 5.32 Å². The summed E-state index contributed by atoms with van der Waals surface area (Å²) in [5.74, 6) is 0.999. The van der Waals surface area contributed by atoms with E-state index < -0.39 is 0 Å². The molecule has 1 aromatic heterocycles. The number of halogens is 1. The highest BCUT2D eigenvalue weighted by molar-refractivity contribution is 6.35. The van der Waals surface area contributed by atoms with Crippen LogP contribution in [0.4, 0.5) is 5.69 Å². The van der Waals surface area contributed by atoms with Crippen molar-refractivity contribution in [3.63, 3.8) is 0 Å². The first kappa shape index (κ1) is 13.0. The van der Waals surface area contributed by atoms with Crippen LogP contribution in [0.2, 0.25) is 5.02 Å². The van der Waals surface area contributed by atoms with Crippen LogP contribution in [0.3, 0.4) is 0 Å². The maximum absolute atomic E-state index is 6.29. The third kappa shape index (κ3) is 2.37. The van der Waals surface area contributed by atoms with E-state index in [-0.39, 0.29) is 0 Å². The Hall–Kier alpha value is -2.00. The van der Waals surface area contributed by atoms with Gasteiger partial charge in [-0.3, -0.25) is 0 Å². The second kappa shape index (κ2) is 5.55. The van der Waals surface area contributed by atoms with Crippen molar-refractivity contribution in [3.05, 3.63) is 59.4 Å². The molecule has 0 amide bonds. The van der Waals surface area contributed by atoms with Crippen molar-refractivity contribution >= 4 is 28.3 Å². The van der Waals surface area contributed by atoms with Crippen LogP contribution in [0, 0.1) is 0 Å². The molecular formula is C16H16ClN3. The van der Waals surface area contributed by atoms with Crippen LogP contribution in [-0.2, 0) is 13.1 Å². The zero-order chi connectivity index (χ0) is 13.9. The lowest BCUT2D eigenvalue weighted by atomic mass is 10.3. The van der Waals surface area contributed by atoms with Crippen LogP contribution in [0.25, 0.3) is 11.0 Å². The Morgan fingerprint density at radius 2 is 1.90 bits per heavy atom. The van der Waals surface area contributed by atoms with Gasteiger partial charge in [-0.05, 0) is 31.2 Å². The van der Waals surface area contributed by atoms with Gasteiger partial charge in [-0.25, -0.2) is 4.98 Å². The number of nitrogens with one attached hydrogen (secondary N) is 1. The Morgan fingerprint density at radius 1 is 1.10 bits per heavy atom. The summed E-state index contributed by atoms with van der Waals surface area (Å²) in [4.78, 5) is 4.68. The minimum atomic E-state index is 0.683. The summed E-state index contributed by atoms with van der Waals surface area (Å²) in [5.41, 5.74) is 3.05. The SMILES string of the molecule is CCn1c(CNc2ccccc2)nc2cccc(Cl)c21. The molecule has 4 heteroatoms. The summed E-state index contributed by atoms with van der Waals surface area (Å²) in [6.07, 6.45) is 0. The minimum absolute atomic E-state index is 0.683. The van der Waals surface area contributed by atoms with Gasteiger partial charge in [-0.2, -0.15) is 0 Å². The van der Waals surface area contributed by atoms with Crippen molar-refractivity contribution in [3.8, 4) is 0 Å². The molecule has 1 heterocycles. The molecule has 0 saturated heterocycles. The zero-order valence-electron chi connectivity index (χ0n) is 11.3. The molecule has 0 aliphatic heterocycles. The summed E-state index contributed by atoms with van der Waals surface area (Å²) < 4.78 is 2.16. The van der Waals surface area contributed by atoms with Crippen molar-refractivity contribution in [1.82, 2.24) is 9.55 Å². The first-order valence-corrected chi connectivity index (χ1v) is 7.10. The lowest BCUT2D eigenvalue weighted by Gasteiger charge is -2.09. The molecule has 0 fully saturated rings. The number of aromatic nitrogens is 2. The Bertz CT molecular complexity index is 719. The van der Waals surface area contributed by atoms with Crippen LogP contribution in [0.5, 0.6) is 0 Å². The molecule has 3 rings (SSSR count). The van der Waals surface area contributed by atoms with Gasteiger partial charge in [0, 0.05) is 12.2 Å². The van der Waals surface area contributed by atoms with E-state index in [0.717, 1.165) is 34.1 Å². The summed E-state index contributed by atoms with van der Waals surface area (Å²) in [7, 11) is 0. The monoisotopic (exact) mass is 285 g/mol. The number of para-hydroxylation sites is 2. The molecule has 102 valence electrons. The normalized spacial score (nSPS) is 10.9. The highest BCUT2D eigenvalue weighted by Gasteiger charge is 2.11. The van der Waals surface area contributed by atoms with Gasteiger partial charge in [0.15, 0.2) is 0 Å². The fourth-order valence-electron chi connectivity index (χ4n) is 2.40. The smallest absolute Gasteiger partial charge is 0.129 e. The predicted octanol–water partition coefficient (Wildman–Crippen LogP) is 4.32. The highest BCUT2D eigenvalue weighted by Crippen LogP contribution is 2.25. The average Bonchev–Trinajstić information content (AvgIpc) is 2.85. The van der Waals surface area contributed by atoms with Gasteiger partial charge in [-0.15, -0.1) is 0 Å². The molecule has 0 atom stereocenters. The molecule has 0 saturated carbocycles. The van der Waals surface area contributed by atoms with Crippen LogP contribution in [0.1, 0.15) is 12.7 Å². The summed E-state index contributed by atoms with van der Waals surface area (Å²) in [6.45, 7) is 3.64. The van der Waals surface area contributed by atoms with E-state index >= 15 is 0 Å². The molecule has 20 heavy (non-hydrogen) atoms. The van der Waals surface area contributed by atoms with E-state index in [4.69, 9.17) is 11.6 Å². The molecule has 3 nitrogen and oxygen atoms in total. The first-order valence-electron chi connectivity index (χ1n) is 6.72. The second-order valence-corrected chi connectivity index (χ2v) is 5.01. The number of imidazole rings is 1. The number of hydrogen-bond acceptors (Lipinski definition) is 2. The van der Waals surface area contributed by atoms with Gasteiger partial charge >= 0.3 is 0 Å². The standard InChI is InChI=1S/C16H16ClN3/c1-2-20-15(11-18-12-7-4-3-5-8-12)19-14-10-6-9-13(17)16(14)20/h3-10,18H,2,11H2,1H3. The van der Waals surface area contributed by atoms with Crippen LogP contribution in [-0.4, -0.2) is 9.55 Å². The molecule has 0 bridgehead atoms. The molecule has 0 unspecified atom stereocenters.